The lowest BCUT2D eigenvalue weighted by molar-refractivity contribution is 0.0109. The summed E-state index contributed by atoms with van der Waals surface area (Å²) in [6, 6.07) is 6.30. The van der Waals surface area contributed by atoms with E-state index < -0.39 is 5.60 Å². The van der Waals surface area contributed by atoms with Crippen LogP contribution in [0.2, 0.25) is 5.02 Å². The van der Waals surface area contributed by atoms with E-state index in [0.29, 0.717) is 5.41 Å². The molecule has 2 heterocycles. The standard InChI is InChI=1S/C21H31ClN2O2/c1-16-11-17(13-18(22)12-16)14-23-8-5-21(15-23)6-9-24(10-7-21)19(25)26-20(2,3)4/h11-13H,5-10,14-15H2,1-4H3. The van der Waals surface area contributed by atoms with Crippen LogP contribution in [0.4, 0.5) is 4.79 Å². The number of amides is 1. The van der Waals surface area contributed by atoms with Gasteiger partial charge in [-0.1, -0.05) is 17.7 Å². The summed E-state index contributed by atoms with van der Waals surface area (Å²) in [5.41, 5.74) is 2.43. The minimum Gasteiger partial charge on any atom is -0.444 e. The van der Waals surface area contributed by atoms with E-state index in [4.69, 9.17) is 16.3 Å². The van der Waals surface area contributed by atoms with Crippen LogP contribution in [0.25, 0.3) is 0 Å². The highest BCUT2D eigenvalue weighted by atomic mass is 35.5. The highest BCUT2D eigenvalue weighted by Gasteiger charge is 2.41. The van der Waals surface area contributed by atoms with Gasteiger partial charge in [0.15, 0.2) is 0 Å². The Morgan fingerprint density at radius 1 is 1.15 bits per heavy atom. The van der Waals surface area contributed by atoms with E-state index in [0.717, 1.165) is 50.6 Å². The first-order valence-corrected chi connectivity index (χ1v) is 9.98. The van der Waals surface area contributed by atoms with Gasteiger partial charge in [-0.15, -0.1) is 0 Å². The van der Waals surface area contributed by atoms with E-state index in [2.05, 4.69) is 24.0 Å². The molecule has 1 spiro atoms. The van der Waals surface area contributed by atoms with Gasteiger partial charge >= 0.3 is 6.09 Å². The van der Waals surface area contributed by atoms with Gasteiger partial charge in [0.1, 0.15) is 5.60 Å². The summed E-state index contributed by atoms with van der Waals surface area (Å²) in [4.78, 5) is 16.7. The molecule has 2 fully saturated rings. The first kappa shape index (κ1) is 19.5. The Morgan fingerprint density at radius 3 is 2.42 bits per heavy atom. The largest absolute Gasteiger partial charge is 0.444 e. The van der Waals surface area contributed by atoms with E-state index in [1.54, 1.807) is 0 Å². The van der Waals surface area contributed by atoms with Gasteiger partial charge in [0.05, 0.1) is 0 Å². The van der Waals surface area contributed by atoms with Crippen LogP contribution < -0.4 is 0 Å². The third-order valence-electron chi connectivity index (χ3n) is 5.50. The third-order valence-corrected chi connectivity index (χ3v) is 5.72. The Morgan fingerprint density at radius 2 is 1.81 bits per heavy atom. The van der Waals surface area contributed by atoms with E-state index in [1.807, 2.05) is 31.7 Å². The van der Waals surface area contributed by atoms with Crippen LogP contribution in [0.1, 0.15) is 51.2 Å². The number of benzene rings is 1. The number of hydrogen-bond donors (Lipinski definition) is 0. The zero-order valence-corrected chi connectivity index (χ0v) is 17.2. The van der Waals surface area contributed by atoms with E-state index in [1.165, 1.54) is 17.5 Å². The van der Waals surface area contributed by atoms with Crippen LogP contribution in [0.5, 0.6) is 0 Å². The molecular formula is C21H31ClN2O2. The molecule has 4 nitrogen and oxygen atoms in total. The number of halogens is 1. The number of carbonyl (C=O) groups excluding carboxylic acids is 1. The van der Waals surface area contributed by atoms with Crippen molar-refractivity contribution in [3.05, 3.63) is 34.3 Å². The normalized spacial score (nSPS) is 20.6. The fraction of sp³-hybridized carbons (Fsp3) is 0.667. The number of carbonyl (C=O) groups is 1. The topological polar surface area (TPSA) is 32.8 Å². The molecule has 1 aromatic carbocycles. The van der Waals surface area contributed by atoms with Gasteiger partial charge in [-0.05, 0) is 82.2 Å². The molecule has 0 saturated carbocycles. The smallest absolute Gasteiger partial charge is 0.410 e. The lowest BCUT2D eigenvalue weighted by Crippen LogP contribution is -2.46. The van der Waals surface area contributed by atoms with E-state index >= 15 is 0 Å². The molecule has 3 rings (SSSR count). The number of likely N-dealkylation sites (tertiary alicyclic amines) is 2. The third kappa shape index (κ3) is 4.92. The summed E-state index contributed by atoms with van der Waals surface area (Å²) in [5.74, 6) is 0. The summed E-state index contributed by atoms with van der Waals surface area (Å²) in [5, 5.41) is 0.819. The highest BCUT2D eigenvalue weighted by molar-refractivity contribution is 6.30. The van der Waals surface area contributed by atoms with Gasteiger partial charge in [-0.3, -0.25) is 4.90 Å². The minimum atomic E-state index is -0.425. The van der Waals surface area contributed by atoms with Gasteiger partial charge in [0.25, 0.3) is 0 Å². The maximum Gasteiger partial charge on any atom is 0.410 e. The number of ether oxygens (including phenoxy) is 1. The zero-order chi connectivity index (χ0) is 18.9. The van der Waals surface area contributed by atoms with Crippen molar-refractivity contribution in [3.63, 3.8) is 0 Å². The van der Waals surface area contributed by atoms with Crippen molar-refractivity contribution < 1.29 is 9.53 Å². The molecule has 0 N–H and O–H groups in total. The van der Waals surface area contributed by atoms with E-state index in [-0.39, 0.29) is 6.09 Å². The Labute approximate surface area is 162 Å². The van der Waals surface area contributed by atoms with Crippen LogP contribution in [-0.4, -0.2) is 47.7 Å². The van der Waals surface area contributed by atoms with Crippen molar-refractivity contribution >= 4 is 17.7 Å². The number of hydrogen-bond acceptors (Lipinski definition) is 3. The molecule has 5 heteroatoms. The zero-order valence-electron chi connectivity index (χ0n) is 16.5. The monoisotopic (exact) mass is 378 g/mol. The molecule has 1 aromatic rings. The van der Waals surface area contributed by atoms with Crippen LogP contribution in [0.15, 0.2) is 18.2 Å². The highest BCUT2D eigenvalue weighted by Crippen LogP contribution is 2.41. The average Bonchev–Trinajstić information content (AvgIpc) is 2.87. The molecule has 1 amide bonds. The van der Waals surface area contributed by atoms with Crippen LogP contribution >= 0.6 is 11.6 Å². The van der Waals surface area contributed by atoms with Gasteiger partial charge in [-0.2, -0.15) is 0 Å². The summed E-state index contributed by atoms with van der Waals surface area (Å²) in [6.45, 7) is 12.6. The minimum absolute atomic E-state index is 0.170. The molecule has 2 saturated heterocycles. The number of aryl methyl sites for hydroxylation is 1. The lowest BCUT2D eigenvalue weighted by Gasteiger charge is -2.39. The Bertz CT molecular complexity index is 640. The van der Waals surface area contributed by atoms with Crippen molar-refractivity contribution in [2.24, 2.45) is 5.41 Å². The molecule has 0 unspecified atom stereocenters. The molecule has 0 aliphatic carbocycles. The molecule has 0 aromatic heterocycles. The van der Waals surface area contributed by atoms with Crippen LogP contribution in [0.3, 0.4) is 0 Å². The predicted octanol–water partition coefficient (Wildman–Crippen LogP) is 4.87. The SMILES string of the molecule is Cc1cc(Cl)cc(CN2CCC3(CCN(C(=O)OC(C)(C)C)CC3)C2)c1. The Hall–Kier alpha value is -1.26. The van der Waals surface area contributed by atoms with Crippen LogP contribution in [0, 0.1) is 12.3 Å². The number of piperidine rings is 1. The Balaban J connectivity index is 1.53. The second-order valence-electron chi connectivity index (χ2n) is 9.06. The Kier molecular flexibility index (Phi) is 5.55. The molecule has 0 radical (unpaired) electrons. The van der Waals surface area contributed by atoms with Gasteiger partial charge in [0.2, 0.25) is 0 Å². The second-order valence-corrected chi connectivity index (χ2v) is 9.50. The molecule has 26 heavy (non-hydrogen) atoms. The lowest BCUT2D eigenvalue weighted by atomic mass is 9.78. The first-order chi connectivity index (χ1) is 12.1. The molecular weight excluding hydrogens is 348 g/mol. The number of nitrogens with zero attached hydrogens (tertiary/aromatic N) is 2. The molecule has 2 aliphatic heterocycles. The van der Waals surface area contributed by atoms with E-state index in [9.17, 15) is 4.79 Å². The van der Waals surface area contributed by atoms with Gasteiger partial charge < -0.3 is 9.64 Å². The average molecular weight is 379 g/mol. The van der Waals surface area contributed by atoms with Crippen LogP contribution in [-0.2, 0) is 11.3 Å². The van der Waals surface area contributed by atoms with Crippen molar-refractivity contribution in [2.75, 3.05) is 26.2 Å². The first-order valence-electron chi connectivity index (χ1n) is 9.61. The quantitative estimate of drug-likeness (QED) is 0.735. The summed E-state index contributed by atoms with van der Waals surface area (Å²) >= 11 is 6.20. The summed E-state index contributed by atoms with van der Waals surface area (Å²) in [6.07, 6.45) is 3.18. The maximum atomic E-state index is 12.3. The van der Waals surface area contributed by atoms with Gasteiger partial charge in [0, 0.05) is 31.2 Å². The fourth-order valence-corrected chi connectivity index (χ4v) is 4.53. The molecule has 2 aliphatic rings. The fourth-order valence-electron chi connectivity index (χ4n) is 4.22. The van der Waals surface area contributed by atoms with Crippen molar-refractivity contribution in [1.29, 1.82) is 0 Å². The van der Waals surface area contributed by atoms with Crippen molar-refractivity contribution in [3.8, 4) is 0 Å². The molecule has 144 valence electrons. The molecule has 0 atom stereocenters. The van der Waals surface area contributed by atoms with Crippen molar-refractivity contribution in [2.45, 2.75) is 59.1 Å². The predicted molar refractivity (Wildman–Crippen MR) is 106 cm³/mol. The summed E-state index contributed by atoms with van der Waals surface area (Å²) < 4.78 is 5.51. The molecule has 0 bridgehead atoms. The van der Waals surface area contributed by atoms with Gasteiger partial charge in [-0.25, -0.2) is 4.79 Å². The van der Waals surface area contributed by atoms with Crippen molar-refractivity contribution in [1.82, 2.24) is 9.80 Å². The maximum absolute atomic E-state index is 12.3. The number of rotatable bonds is 2. The second kappa shape index (κ2) is 7.40. The summed E-state index contributed by atoms with van der Waals surface area (Å²) in [7, 11) is 0.